The van der Waals surface area contributed by atoms with E-state index in [2.05, 4.69) is 46.9 Å². The van der Waals surface area contributed by atoms with Gasteiger partial charge in [0.1, 0.15) is 0 Å². The van der Waals surface area contributed by atoms with E-state index in [1.165, 1.54) is 19.3 Å². The quantitative estimate of drug-likeness (QED) is 0.832. The van der Waals surface area contributed by atoms with Gasteiger partial charge < -0.3 is 10.2 Å². The molecule has 0 aromatic heterocycles. The minimum absolute atomic E-state index is 0.106. The van der Waals surface area contributed by atoms with Gasteiger partial charge >= 0.3 is 6.03 Å². The van der Waals surface area contributed by atoms with Gasteiger partial charge in [-0.3, -0.25) is 0 Å². The first-order valence-corrected chi connectivity index (χ1v) is 8.31. The van der Waals surface area contributed by atoms with Crippen molar-refractivity contribution >= 4 is 6.03 Å². The minimum atomic E-state index is 0.106. The molecule has 0 aromatic rings. The Morgan fingerprint density at radius 1 is 1.20 bits per heavy atom. The smallest absolute Gasteiger partial charge is 0.317 e. The minimum Gasteiger partial charge on any atom is -0.338 e. The van der Waals surface area contributed by atoms with E-state index in [0.717, 1.165) is 18.4 Å². The van der Waals surface area contributed by atoms with Gasteiger partial charge in [0.15, 0.2) is 0 Å². The fraction of sp³-hybridized carbons (Fsp3) is 0.941. The van der Waals surface area contributed by atoms with Gasteiger partial charge in [-0.25, -0.2) is 4.79 Å². The number of amides is 2. The van der Waals surface area contributed by atoms with Crippen LogP contribution in [0.4, 0.5) is 4.79 Å². The third-order valence-electron chi connectivity index (χ3n) is 5.86. The van der Waals surface area contributed by atoms with E-state index in [9.17, 15) is 4.79 Å². The average Bonchev–Trinajstić information content (AvgIpc) is 2.35. The molecule has 2 amide bonds. The largest absolute Gasteiger partial charge is 0.338 e. The molecule has 3 aliphatic carbocycles. The molecular weight excluding hydrogens is 248 g/mol. The Hall–Kier alpha value is -0.730. The number of fused-ring (bicyclic) bond motifs is 2. The van der Waals surface area contributed by atoms with Gasteiger partial charge in [-0.1, -0.05) is 13.8 Å². The summed E-state index contributed by atoms with van der Waals surface area (Å²) in [7, 11) is 0. The first-order chi connectivity index (χ1) is 9.25. The molecule has 3 heteroatoms. The summed E-state index contributed by atoms with van der Waals surface area (Å²) in [5.74, 6) is 2.43. The third kappa shape index (κ3) is 2.68. The van der Waals surface area contributed by atoms with Crippen LogP contribution in [0.2, 0.25) is 0 Å². The van der Waals surface area contributed by atoms with Crippen molar-refractivity contribution in [3.05, 3.63) is 0 Å². The van der Waals surface area contributed by atoms with Crippen LogP contribution in [0.1, 0.15) is 60.8 Å². The zero-order valence-electron chi connectivity index (χ0n) is 14.1. The van der Waals surface area contributed by atoms with Crippen molar-refractivity contribution in [3.63, 3.8) is 0 Å². The van der Waals surface area contributed by atoms with Crippen LogP contribution in [-0.4, -0.2) is 29.6 Å². The second-order valence-electron chi connectivity index (χ2n) is 7.98. The fourth-order valence-electron chi connectivity index (χ4n) is 4.58. The van der Waals surface area contributed by atoms with Crippen LogP contribution >= 0.6 is 0 Å². The van der Waals surface area contributed by atoms with E-state index < -0.39 is 0 Å². The van der Waals surface area contributed by atoms with Gasteiger partial charge in [0.05, 0.1) is 0 Å². The highest BCUT2D eigenvalue weighted by atomic mass is 16.2. The number of nitrogens with one attached hydrogen (secondary N) is 1. The molecule has 0 heterocycles. The van der Waals surface area contributed by atoms with Crippen molar-refractivity contribution in [1.29, 1.82) is 0 Å². The summed E-state index contributed by atoms with van der Waals surface area (Å²) in [6, 6.07) is 0.617. The van der Waals surface area contributed by atoms with Crippen LogP contribution in [0.25, 0.3) is 0 Å². The molecule has 2 bridgehead atoms. The van der Waals surface area contributed by atoms with E-state index in [1.807, 2.05) is 4.90 Å². The van der Waals surface area contributed by atoms with Crippen LogP contribution < -0.4 is 5.32 Å². The SMILES string of the molecule is CC(C)N(C(=O)NCC1CC[C@@H]2C[C@H]1C2(C)C)C(C)C. The lowest BCUT2D eigenvalue weighted by Gasteiger charge is -2.60. The van der Waals surface area contributed by atoms with Gasteiger partial charge in [0.25, 0.3) is 0 Å². The molecule has 0 saturated heterocycles. The highest BCUT2D eigenvalue weighted by molar-refractivity contribution is 5.74. The zero-order valence-corrected chi connectivity index (χ0v) is 14.1. The highest BCUT2D eigenvalue weighted by Crippen LogP contribution is 2.61. The summed E-state index contributed by atoms with van der Waals surface area (Å²) in [5.41, 5.74) is 0.503. The molecule has 0 radical (unpaired) electrons. The topological polar surface area (TPSA) is 32.3 Å². The van der Waals surface area contributed by atoms with E-state index >= 15 is 0 Å². The second kappa shape index (κ2) is 5.57. The number of rotatable bonds is 4. The first-order valence-electron chi connectivity index (χ1n) is 8.31. The molecule has 3 nitrogen and oxygen atoms in total. The Labute approximate surface area is 124 Å². The molecule has 3 fully saturated rings. The maximum Gasteiger partial charge on any atom is 0.317 e. The van der Waals surface area contributed by atoms with Crippen LogP contribution in [0, 0.1) is 23.2 Å². The predicted molar refractivity (Wildman–Crippen MR) is 83.6 cm³/mol. The molecule has 3 atom stereocenters. The number of carbonyl (C=O) groups is 1. The Bertz CT molecular complexity index is 352. The van der Waals surface area contributed by atoms with E-state index in [-0.39, 0.29) is 18.1 Å². The third-order valence-corrected chi connectivity index (χ3v) is 5.86. The molecular formula is C17H32N2O. The number of carbonyl (C=O) groups excluding carboxylic acids is 1. The molecule has 20 heavy (non-hydrogen) atoms. The van der Waals surface area contributed by atoms with Crippen molar-refractivity contribution in [1.82, 2.24) is 10.2 Å². The first kappa shape index (κ1) is 15.7. The predicted octanol–water partition coefficient (Wildman–Crippen LogP) is 3.89. The van der Waals surface area contributed by atoms with Crippen LogP contribution in [-0.2, 0) is 0 Å². The highest BCUT2D eigenvalue weighted by Gasteiger charge is 2.53. The second-order valence-corrected chi connectivity index (χ2v) is 7.98. The Morgan fingerprint density at radius 2 is 1.80 bits per heavy atom. The molecule has 3 rings (SSSR count). The van der Waals surface area contributed by atoms with Crippen molar-refractivity contribution < 1.29 is 4.79 Å². The molecule has 0 spiro atoms. The molecule has 3 saturated carbocycles. The lowest BCUT2D eigenvalue weighted by atomic mass is 9.45. The summed E-state index contributed by atoms with van der Waals surface area (Å²) < 4.78 is 0. The Morgan fingerprint density at radius 3 is 2.25 bits per heavy atom. The summed E-state index contributed by atoms with van der Waals surface area (Å²) in [6.07, 6.45) is 4.02. The van der Waals surface area contributed by atoms with E-state index in [0.29, 0.717) is 11.3 Å². The molecule has 3 aliphatic rings. The summed E-state index contributed by atoms with van der Waals surface area (Å²) in [6.45, 7) is 14.0. The van der Waals surface area contributed by atoms with Crippen molar-refractivity contribution in [2.24, 2.45) is 23.2 Å². The number of urea groups is 1. The van der Waals surface area contributed by atoms with Crippen LogP contribution in [0.15, 0.2) is 0 Å². The van der Waals surface area contributed by atoms with Crippen molar-refractivity contribution in [2.75, 3.05) is 6.54 Å². The number of hydrogen-bond donors (Lipinski definition) is 1. The normalized spacial score (nSPS) is 31.1. The lowest BCUT2D eigenvalue weighted by molar-refractivity contribution is -0.103. The van der Waals surface area contributed by atoms with Gasteiger partial charge in [0, 0.05) is 18.6 Å². The van der Waals surface area contributed by atoms with Crippen LogP contribution in [0.5, 0.6) is 0 Å². The molecule has 1 N–H and O–H groups in total. The maximum atomic E-state index is 12.4. The lowest BCUT2D eigenvalue weighted by Crippen LogP contribution is -2.56. The Kier molecular flexibility index (Phi) is 4.36. The summed E-state index contributed by atoms with van der Waals surface area (Å²) >= 11 is 0. The van der Waals surface area contributed by atoms with Gasteiger partial charge in [0.2, 0.25) is 0 Å². The average molecular weight is 280 g/mol. The van der Waals surface area contributed by atoms with Gasteiger partial charge in [-0.05, 0) is 70.1 Å². The summed E-state index contributed by atoms with van der Waals surface area (Å²) in [5, 5.41) is 3.19. The fourth-order valence-corrected chi connectivity index (χ4v) is 4.58. The number of hydrogen-bond acceptors (Lipinski definition) is 1. The van der Waals surface area contributed by atoms with Crippen molar-refractivity contribution in [2.45, 2.75) is 72.9 Å². The number of nitrogens with zero attached hydrogens (tertiary/aromatic N) is 1. The standard InChI is InChI=1S/C17H32N2O/c1-11(2)19(12(3)4)16(20)18-10-13-7-8-14-9-15(13)17(14,5)6/h11-15H,7-10H2,1-6H3,(H,18,20)/t13?,14-,15-/m1/s1. The monoisotopic (exact) mass is 280 g/mol. The van der Waals surface area contributed by atoms with Gasteiger partial charge in [-0.2, -0.15) is 0 Å². The molecule has 1 unspecified atom stereocenters. The molecule has 0 aliphatic heterocycles. The van der Waals surface area contributed by atoms with Gasteiger partial charge in [-0.15, -0.1) is 0 Å². The van der Waals surface area contributed by atoms with Crippen molar-refractivity contribution in [3.8, 4) is 0 Å². The summed E-state index contributed by atoms with van der Waals surface area (Å²) in [4.78, 5) is 14.3. The molecule has 0 aromatic carbocycles. The van der Waals surface area contributed by atoms with Crippen LogP contribution in [0.3, 0.4) is 0 Å². The Balaban J connectivity index is 1.87. The van der Waals surface area contributed by atoms with E-state index in [1.54, 1.807) is 0 Å². The van der Waals surface area contributed by atoms with E-state index in [4.69, 9.17) is 0 Å². The maximum absolute atomic E-state index is 12.4. The molecule has 116 valence electrons. The zero-order chi connectivity index (χ0) is 15.1.